The third kappa shape index (κ3) is 3.78. The lowest BCUT2D eigenvalue weighted by molar-refractivity contribution is 0.287. The van der Waals surface area contributed by atoms with Gasteiger partial charge in [0.1, 0.15) is 0 Å². The van der Waals surface area contributed by atoms with Gasteiger partial charge < -0.3 is 9.47 Å². The van der Waals surface area contributed by atoms with Crippen molar-refractivity contribution >= 4 is 46.1 Å². The standard InChI is InChI=1S/C15H15Cl3O2S/c1-3-19-12-7-9(11(17)8-13(12)20-4-2)14(18)15-10(16)5-6-21-15/h5-8,14H,3-4H2,1-2H3. The van der Waals surface area contributed by atoms with Gasteiger partial charge >= 0.3 is 0 Å². The second-order valence-corrected chi connectivity index (χ2v) is 6.38. The van der Waals surface area contributed by atoms with E-state index in [1.54, 1.807) is 6.07 Å². The summed E-state index contributed by atoms with van der Waals surface area (Å²) in [5.74, 6) is 1.26. The molecule has 0 saturated carbocycles. The minimum absolute atomic E-state index is 0.417. The third-order valence-electron chi connectivity index (χ3n) is 2.81. The van der Waals surface area contributed by atoms with Gasteiger partial charge in [0.05, 0.1) is 23.6 Å². The number of thiophene rings is 1. The molecule has 1 heterocycles. The summed E-state index contributed by atoms with van der Waals surface area (Å²) >= 11 is 20.5. The zero-order chi connectivity index (χ0) is 15.4. The molecule has 0 amide bonds. The highest BCUT2D eigenvalue weighted by atomic mass is 35.5. The molecule has 2 nitrogen and oxygen atoms in total. The molecule has 0 saturated heterocycles. The Morgan fingerprint density at radius 1 is 1.05 bits per heavy atom. The molecule has 2 rings (SSSR count). The van der Waals surface area contributed by atoms with E-state index in [-0.39, 0.29) is 0 Å². The number of ether oxygens (including phenoxy) is 2. The van der Waals surface area contributed by atoms with E-state index in [0.29, 0.717) is 34.8 Å². The van der Waals surface area contributed by atoms with Crippen LogP contribution in [0.1, 0.15) is 29.7 Å². The summed E-state index contributed by atoms with van der Waals surface area (Å²) in [7, 11) is 0. The van der Waals surface area contributed by atoms with Gasteiger partial charge in [0.15, 0.2) is 11.5 Å². The summed E-state index contributed by atoms with van der Waals surface area (Å²) in [5, 5.41) is 2.66. The van der Waals surface area contributed by atoms with Gasteiger partial charge in [-0.3, -0.25) is 0 Å². The summed E-state index contributed by atoms with van der Waals surface area (Å²) in [6.45, 7) is 4.90. The van der Waals surface area contributed by atoms with E-state index in [1.165, 1.54) is 11.3 Å². The van der Waals surface area contributed by atoms with E-state index < -0.39 is 5.38 Å². The number of alkyl halides is 1. The average Bonchev–Trinajstić information content (AvgIpc) is 2.87. The highest BCUT2D eigenvalue weighted by molar-refractivity contribution is 7.11. The Bertz CT molecular complexity index is 613. The Morgan fingerprint density at radius 2 is 1.67 bits per heavy atom. The Hall–Kier alpha value is -0.610. The Labute approximate surface area is 143 Å². The topological polar surface area (TPSA) is 18.5 Å². The third-order valence-corrected chi connectivity index (χ3v) is 5.14. The van der Waals surface area contributed by atoms with Crippen LogP contribution in [0.4, 0.5) is 0 Å². The van der Waals surface area contributed by atoms with Crippen LogP contribution in [0.5, 0.6) is 11.5 Å². The lowest BCUT2D eigenvalue weighted by atomic mass is 10.1. The van der Waals surface area contributed by atoms with Gasteiger partial charge in [-0.15, -0.1) is 22.9 Å². The van der Waals surface area contributed by atoms with Crippen molar-refractivity contribution in [2.45, 2.75) is 19.2 Å². The second-order valence-electron chi connectivity index (χ2n) is 4.18. The predicted molar refractivity (Wildman–Crippen MR) is 90.8 cm³/mol. The summed E-state index contributed by atoms with van der Waals surface area (Å²) in [5.41, 5.74) is 0.759. The maximum atomic E-state index is 6.53. The molecular formula is C15H15Cl3O2S. The van der Waals surface area contributed by atoms with E-state index >= 15 is 0 Å². The summed E-state index contributed by atoms with van der Waals surface area (Å²) in [6, 6.07) is 5.38. The summed E-state index contributed by atoms with van der Waals surface area (Å²) in [4.78, 5) is 0.867. The van der Waals surface area contributed by atoms with E-state index in [2.05, 4.69) is 0 Å². The first kappa shape index (κ1) is 16.8. The molecule has 0 N–H and O–H groups in total. The number of benzene rings is 1. The zero-order valence-corrected chi connectivity index (χ0v) is 14.7. The molecule has 0 spiro atoms. The van der Waals surface area contributed by atoms with Crippen molar-refractivity contribution in [3.8, 4) is 11.5 Å². The van der Waals surface area contributed by atoms with Crippen molar-refractivity contribution in [3.63, 3.8) is 0 Å². The maximum Gasteiger partial charge on any atom is 0.162 e. The monoisotopic (exact) mass is 364 g/mol. The molecule has 0 aliphatic rings. The summed E-state index contributed by atoms with van der Waals surface area (Å²) in [6.07, 6.45) is 0. The molecule has 1 aromatic heterocycles. The van der Waals surface area contributed by atoms with Crippen LogP contribution in [0.2, 0.25) is 10.0 Å². The molecule has 114 valence electrons. The number of hydrogen-bond donors (Lipinski definition) is 0. The first-order valence-electron chi connectivity index (χ1n) is 6.54. The fourth-order valence-electron chi connectivity index (χ4n) is 1.91. The van der Waals surface area contributed by atoms with Crippen molar-refractivity contribution in [2.75, 3.05) is 13.2 Å². The fourth-order valence-corrected chi connectivity index (χ4v) is 3.89. The van der Waals surface area contributed by atoms with Crippen LogP contribution in [0.15, 0.2) is 23.6 Å². The fraction of sp³-hybridized carbons (Fsp3) is 0.333. The first-order chi connectivity index (χ1) is 10.1. The van der Waals surface area contributed by atoms with E-state index in [4.69, 9.17) is 44.3 Å². The number of hydrogen-bond acceptors (Lipinski definition) is 3. The Balaban J connectivity index is 2.44. The molecule has 21 heavy (non-hydrogen) atoms. The quantitative estimate of drug-likeness (QED) is 0.569. The van der Waals surface area contributed by atoms with E-state index in [1.807, 2.05) is 31.4 Å². The van der Waals surface area contributed by atoms with Gasteiger partial charge in [0.25, 0.3) is 0 Å². The lowest BCUT2D eigenvalue weighted by Crippen LogP contribution is -2.01. The molecule has 2 aromatic rings. The van der Waals surface area contributed by atoms with Crippen LogP contribution in [0.3, 0.4) is 0 Å². The van der Waals surface area contributed by atoms with Crippen LogP contribution in [0.25, 0.3) is 0 Å². The largest absolute Gasteiger partial charge is 0.490 e. The van der Waals surface area contributed by atoms with Gasteiger partial charge in [0.2, 0.25) is 0 Å². The van der Waals surface area contributed by atoms with Crippen LogP contribution in [0, 0.1) is 0 Å². The molecule has 1 atom stereocenters. The van der Waals surface area contributed by atoms with Crippen LogP contribution in [-0.2, 0) is 0 Å². The molecule has 1 aromatic carbocycles. The molecular weight excluding hydrogens is 351 g/mol. The van der Waals surface area contributed by atoms with Crippen LogP contribution >= 0.6 is 46.1 Å². The van der Waals surface area contributed by atoms with Crippen molar-refractivity contribution in [1.29, 1.82) is 0 Å². The number of rotatable bonds is 6. The van der Waals surface area contributed by atoms with E-state index in [9.17, 15) is 0 Å². The molecule has 0 radical (unpaired) electrons. The lowest BCUT2D eigenvalue weighted by Gasteiger charge is -2.16. The molecule has 6 heteroatoms. The molecule has 0 aliphatic heterocycles. The van der Waals surface area contributed by atoms with Crippen molar-refractivity contribution in [2.24, 2.45) is 0 Å². The SMILES string of the molecule is CCOc1cc(Cl)c(C(Cl)c2sccc2Cl)cc1OCC. The molecule has 0 aliphatic carbocycles. The predicted octanol–water partition coefficient (Wildman–Crippen LogP) is 6.18. The number of halogens is 3. The maximum absolute atomic E-state index is 6.53. The highest BCUT2D eigenvalue weighted by Gasteiger charge is 2.21. The van der Waals surface area contributed by atoms with Gasteiger partial charge in [-0.1, -0.05) is 23.2 Å². The zero-order valence-electron chi connectivity index (χ0n) is 11.7. The normalized spacial score (nSPS) is 12.2. The smallest absolute Gasteiger partial charge is 0.162 e. The van der Waals surface area contributed by atoms with Gasteiger partial charge in [-0.05, 0) is 36.9 Å². The highest BCUT2D eigenvalue weighted by Crippen LogP contribution is 2.43. The first-order valence-corrected chi connectivity index (χ1v) is 8.61. The summed E-state index contributed by atoms with van der Waals surface area (Å²) < 4.78 is 11.2. The van der Waals surface area contributed by atoms with Crippen molar-refractivity contribution in [3.05, 3.63) is 44.1 Å². The average molecular weight is 366 g/mol. The van der Waals surface area contributed by atoms with Crippen molar-refractivity contribution in [1.82, 2.24) is 0 Å². The minimum Gasteiger partial charge on any atom is -0.490 e. The van der Waals surface area contributed by atoms with Crippen LogP contribution in [-0.4, -0.2) is 13.2 Å². The van der Waals surface area contributed by atoms with Crippen molar-refractivity contribution < 1.29 is 9.47 Å². The second kappa shape index (κ2) is 7.59. The molecule has 1 unspecified atom stereocenters. The van der Waals surface area contributed by atoms with Crippen LogP contribution < -0.4 is 9.47 Å². The minimum atomic E-state index is -0.417. The van der Waals surface area contributed by atoms with Gasteiger partial charge in [0, 0.05) is 16.0 Å². The Kier molecular flexibility index (Phi) is 6.06. The van der Waals surface area contributed by atoms with Gasteiger partial charge in [-0.25, -0.2) is 0 Å². The van der Waals surface area contributed by atoms with Gasteiger partial charge in [-0.2, -0.15) is 0 Å². The molecule has 0 bridgehead atoms. The molecule has 0 fully saturated rings. The Morgan fingerprint density at radius 3 is 2.19 bits per heavy atom. The van der Waals surface area contributed by atoms with E-state index in [0.717, 1.165) is 10.4 Å².